The van der Waals surface area contributed by atoms with E-state index in [-0.39, 0.29) is 18.7 Å². The van der Waals surface area contributed by atoms with E-state index >= 15 is 0 Å². The molecule has 0 bridgehead atoms. The molecule has 1 aliphatic heterocycles. The van der Waals surface area contributed by atoms with Crippen molar-refractivity contribution in [3.8, 4) is 0 Å². The number of carbonyl (C=O) groups is 2. The molecule has 2 aromatic heterocycles. The summed E-state index contributed by atoms with van der Waals surface area (Å²) < 4.78 is 0. The largest absolute Gasteiger partial charge is 0.325 e. The van der Waals surface area contributed by atoms with Gasteiger partial charge in [0.1, 0.15) is 17.7 Å². The Hall–Kier alpha value is -3.62. The molecule has 25 heavy (non-hydrogen) atoms. The Bertz CT molecular complexity index is 816. The molecule has 126 valence electrons. The van der Waals surface area contributed by atoms with E-state index in [4.69, 9.17) is 0 Å². The number of hydrogen-bond donors (Lipinski definition) is 3. The number of aldehydes is 1. The average molecular weight is 337 g/mol. The first-order chi connectivity index (χ1) is 12.3. The molecular formula is C16H15N7O2. The number of amidine groups is 2. The van der Waals surface area contributed by atoms with Gasteiger partial charge in [0.2, 0.25) is 5.91 Å². The van der Waals surface area contributed by atoms with Gasteiger partial charge in [-0.3, -0.25) is 25.6 Å². The van der Waals surface area contributed by atoms with E-state index in [9.17, 15) is 9.59 Å². The molecule has 0 unspecified atom stereocenters. The van der Waals surface area contributed by atoms with Crippen molar-refractivity contribution in [2.75, 3.05) is 5.32 Å². The van der Waals surface area contributed by atoms with Crippen LogP contribution in [0.15, 0.2) is 52.9 Å². The third kappa shape index (κ3) is 4.22. The Kier molecular flexibility index (Phi) is 5.05. The molecule has 0 radical (unpaired) electrons. The molecule has 9 nitrogen and oxygen atoms in total. The van der Waals surface area contributed by atoms with Crippen molar-refractivity contribution in [1.82, 2.24) is 20.8 Å². The molecule has 0 saturated carbocycles. The number of aromatic nitrogens is 2. The van der Waals surface area contributed by atoms with E-state index in [0.29, 0.717) is 35.0 Å². The predicted octanol–water partition coefficient (Wildman–Crippen LogP) is 0.610. The van der Waals surface area contributed by atoms with Gasteiger partial charge in [-0.2, -0.15) is 10.2 Å². The normalized spacial score (nSPS) is 13.0. The second-order valence-corrected chi connectivity index (χ2v) is 5.05. The molecule has 0 atom stereocenters. The van der Waals surface area contributed by atoms with Crippen molar-refractivity contribution < 1.29 is 9.59 Å². The molecule has 9 heteroatoms. The molecular weight excluding hydrogens is 322 g/mol. The highest BCUT2D eigenvalue weighted by atomic mass is 16.1. The van der Waals surface area contributed by atoms with E-state index in [1.807, 2.05) is 18.2 Å². The Labute approximate surface area is 143 Å². The van der Waals surface area contributed by atoms with Gasteiger partial charge in [0.05, 0.1) is 11.9 Å². The monoisotopic (exact) mass is 337 g/mol. The van der Waals surface area contributed by atoms with Crippen molar-refractivity contribution in [3.63, 3.8) is 0 Å². The predicted molar refractivity (Wildman–Crippen MR) is 91.7 cm³/mol. The van der Waals surface area contributed by atoms with Crippen LogP contribution in [-0.2, 0) is 9.59 Å². The summed E-state index contributed by atoms with van der Waals surface area (Å²) in [7, 11) is 0. The van der Waals surface area contributed by atoms with Crippen LogP contribution < -0.4 is 16.2 Å². The number of anilines is 1. The van der Waals surface area contributed by atoms with Gasteiger partial charge in [-0.15, -0.1) is 0 Å². The van der Waals surface area contributed by atoms with Gasteiger partial charge in [0, 0.05) is 19.0 Å². The molecule has 1 aliphatic rings. The van der Waals surface area contributed by atoms with Gasteiger partial charge in [-0.1, -0.05) is 6.07 Å². The summed E-state index contributed by atoms with van der Waals surface area (Å²) in [6.45, 7) is 0. The van der Waals surface area contributed by atoms with E-state index in [1.165, 1.54) is 6.20 Å². The Morgan fingerprint density at radius 1 is 1.04 bits per heavy atom. The van der Waals surface area contributed by atoms with Gasteiger partial charge in [0.15, 0.2) is 11.7 Å². The summed E-state index contributed by atoms with van der Waals surface area (Å²) in [5.74, 6) is 0.711. The molecule has 1 amide bonds. The molecule has 3 N–H and O–H groups in total. The quantitative estimate of drug-likeness (QED) is 0.664. The third-order valence-electron chi connectivity index (χ3n) is 3.23. The van der Waals surface area contributed by atoms with Crippen LogP contribution in [0, 0.1) is 0 Å². The van der Waals surface area contributed by atoms with Crippen molar-refractivity contribution >= 4 is 29.6 Å². The fourth-order valence-electron chi connectivity index (χ4n) is 2.02. The number of carbonyl (C=O) groups excluding carboxylic acids is 2. The lowest BCUT2D eigenvalue weighted by atomic mass is 10.3. The lowest BCUT2D eigenvalue weighted by Crippen LogP contribution is -2.35. The van der Waals surface area contributed by atoms with Crippen LogP contribution >= 0.6 is 0 Å². The number of pyridine rings is 2. The second kappa shape index (κ2) is 7.77. The third-order valence-corrected chi connectivity index (χ3v) is 3.23. The SMILES string of the molecule is O=CCCC(=O)Nc1ccc(C2=NNC(c3ccccn3)=NN2)nc1. The topological polar surface area (TPSA) is 121 Å². The molecule has 0 spiro atoms. The van der Waals surface area contributed by atoms with E-state index < -0.39 is 0 Å². The molecule has 2 aromatic rings. The Balaban J connectivity index is 1.61. The number of nitrogens with one attached hydrogen (secondary N) is 3. The van der Waals surface area contributed by atoms with E-state index in [0.717, 1.165) is 0 Å². The summed E-state index contributed by atoms with van der Waals surface area (Å²) in [6.07, 6.45) is 4.23. The fourth-order valence-corrected chi connectivity index (χ4v) is 2.02. The molecule has 0 saturated heterocycles. The van der Waals surface area contributed by atoms with Crippen molar-refractivity contribution in [1.29, 1.82) is 0 Å². The number of amides is 1. The number of hydrazone groups is 2. The van der Waals surface area contributed by atoms with Crippen molar-refractivity contribution in [2.24, 2.45) is 10.2 Å². The molecule has 0 fully saturated rings. The van der Waals surface area contributed by atoms with Crippen LogP contribution in [0.4, 0.5) is 5.69 Å². The summed E-state index contributed by atoms with van der Waals surface area (Å²) in [4.78, 5) is 30.2. The van der Waals surface area contributed by atoms with Gasteiger partial charge in [0.25, 0.3) is 0 Å². The Morgan fingerprint density at radius 2 is 1.80 bits per heavy atom. The van der Waals surface area contributed by atoms with Gasteiger partial charge in [-0.25, -0.2) is 0 Å². The minimum absolute atomic E-state index is 0.147. The zero-order valence-corrected chi connectivity index (χ0v) is 13.1. The van der Waals surface area contributed by atoms with Crippen LogP contribution in [0.1, 0.15) is 24.2 Å². The highest BCUT2D eigenvalue weighted by molar-refractivity contribution is 6.04. The van der Waals surface area contributed by atoms with Gasteiger partial charge in [-0.05, 0) is 24.3 Å². The summed E-state index contributed by atoms with van der Waals surface area (Å²) in [6, 6.07) is 8.88. The second-order valence-electron chi connectivity index (χ2n) is 5.05. The first kappa shape index (κ1) is 16.2. The average Bonchev–Trinajstić information content (AvgIpc) is 2.68. The van der Waals surface area contributed by atoms with Crippen LogP contribution in [0.25, 0.3) is 0 Å². The van der Waals surface area contributed by atoms with Gasteiger partial charge < -0.3 is 10.1 Å². The van der Waals surface area contributed by atoms with Crippen LogP contribution in [0.2, 0.25) is 0 Å². The molecule has 3 rings (SSSR count). The lowest BCUT2D eigenvalue weighted by Gasteiger charge is -2.14. The maximum absolute atomic E-state index is 11.6. The zero-order chi connectivity index (χ0) is 17.5. The van der Waals surface area contributed by atoms with E-state index in [2.05, 4.69) is 36.3 Å². The van der Waals surface area contributed by atoms with Crippen LogP contribution in [0.5, 0.6) is 0 Å². The number of nitrogens with zero attached hydrogens (tertiary/aromatic N) is 4. The smallest absolute Gasteiger partial charge is 0.224 e. The molecule has 0 aromatic carbocycles. The summed E-state index contributed by atoms with van der Waals surface area (Å²) >= 11 is 0. The lowest BCUT2D eigenvalue weighted by molar-refractivity contribution is -0.118. The number of rotatable bonds is 6. The summed E-state index contributed by atoms with van der Waals surface area (Å²) in [5, 5.41) is 11.0. The van der Waals surface area contributed by atoms with Crippen molar-refractivity contribution in [3.05, 3.63) is 54.1 Å². The minimum atomic E-state index is -0.235. The summed E-state index contributed by atoms with van der Waals surface area (Å²) in [5.41, 5.74) is 7.41. The standard InChI is InChI=1S/C16H15N7O2/c24-9-3-5-14(25)19-11-6-7-13(18-10-11)16-22-20-15(21-23-16)12-4-1-2-8-17-12/h1-2,4,6-10H,3,5H2,(H,19,25)(H,20,21)(H,22,23). The van der Waals surface area contributed by atoms with Gasteiger partial charge >= 0.3 is 0 Å². The molecule has 3 heterocycles. The first-order valence-electron chi connectivity index (χ1n) is 7.55. The highest BCUT2D eigenvalue weighted by Gasteiger charge is 2.13. The highest BCUT2D eigenvalue weighted by Crippen LogP contribution is 2.08. The Morgan fingerprint density at radius 3 is 2.36 bits per heavy atom. The minimum Gasteiger partial charge on any atom is -0.325 e. The number of hydrogen-bond acceptors (Lipinski definition) is 8. The maximum atomic E-state index is 11.6. The van der Waals surface area contributed by atoms with Crippen molar-refractivity contribution in [2.45, 2.75) is 12.8 Å². The molecule has 0 aliphatic carbocycles. The fraction of sp³-hybridized carbons (Fsp3) is 0.125. The van der Waals surface area contributed by atoms with Crippen LogP contribution in [-0.4, -0.2) is 33.8 Å². The first-order valence-corrected chi connectivity index (χ1v) is 7.55. The van der Waals surface area contributed by atoms with Crippen LogP contribution in [0.3, 0.4) is 0 Å². The zero-order valence-electron chi connectivity index (χ0n) is 13.1. The maximum Gasteiger partial charge on any atom is 0.224 e. The van der Waals surface area contributed by atoms with E-state index in [1.54, 1.807) is 18.3 Å².